The minimum Gasteiger partial charge on any atom is -0.292 e. The van der Waals surface area contributed by atoms with E-state index < -0.39 is 0 Å². The van der Waals surface area contributed by atoms with Crippen LogP contribution in [-0.2, 0) is 6.42 Å². The van der Waals surface area contributed by atoms with Crippen molar-refractivity contribution in [1.82, 2.24) is 19.8 Å². The third kappa shape index (κ3) is 2.54. The Labute approximate surface area is 147 Å². The molecule has 0 bridgehead atoms. The Balaban J connectivity index is 2.05. The molecule has 0 fully saturated rings. The molecule has 4 rings (SSSR count). The van der Waals surface area contributed by atoms with Crippen molar-refractivity contribution in [2.24, 2.45) is 5.41 Å². The van der Waals surface area contributed by atoms with Crippen molar-refractivity contribution in [3.05, 3.63) is 47.4 Å². The van der Waals surface area contributed by atoms with E-state index in [4.69, 9.17) is 5.10 Å². The predicted octanol–water partition coefficient (Wildman–Crippen LogP) is 4.07. The van der Waals surface area contributed by atoms with Crippen molar-refractivity contribution in [1.29, 1.82) is 0 Å². The molecule has 0 unspecified atom stereocenters. The lowest BCUT2D eigenvalue weighted by Crippen LogP contribution is -2.30. The van der Waals surface area contributed by atoms with Crippen molar-refractivity contribution in [2.75, 3.05) is 0 Å². The molecular weight excluding hydrogens is 312 g/mol. The summed E-state index contributed by atoms with van der Waals surface area (Å²) in [5, 5.41) is 13.6. The highest BCUT2D eigenvalue weighted by atomic mass is 16.1. The molecule has 0 spiro atoms. The molecule has 0 amide bonds. The Morgan fingerprint density at radius 1 is 1.08 bits per heavy atom. The first-order valence-corrected chi connectivity index (χ1v) is 8.74. The molecule has 5 nitrogen and oxygen atoms in total. The van der Waals surface area contributed by atoms with Crippen LogP contribution in [-0.4, -0.2) is 25.6 Å². The number of rotatable bonds is 2. The Bertz CT molecular complexity index is 970. The fourth-order valence-corrected chi connectivity index (χ4v) is 3.66. The van der Waals surface area contributed by atoms with Crippen LogP contribution in [0.4, 0.5) is 0 Å². The van der Waals surface area contributed by atoms with Crippen molar-refractivity contribution in [3.63, 3.8) is 0 Å². The number of fused-ring (bicyclic) bond motifs is 3. The number of ketones is 1. The van der Waals surface area contributed by atoms with Crippen LogP contribution >= 0.6 is 0 Å². The number of carbonyl (C=O) groups is 1. The van der Waals surface area contributed by atoms with Crippen LogP contribution in [0.25, 0.3) is 16.8 Å². The summed E-state index contributed by atoms with van der Waals surface area (Å²) in [6.07, 6.45) is 1.28. The Morgan fingerprint density at radius 2 is 1.80 bits per heavy atom. The third-order valence-electron chi connectivity index (χ3n) is 4.82. The highest BCUT2D eigenvalue weighted by Crippen LogP contribution is 2.37. The molecule has 1 aliphatic rings. The van der Waals surface area contributed by atoms with Gasteiger partial charge < -0.3 is 0 Å². The summed E-state index contributed by atoms with van der Waals surface area (Å²) in [7, 11) is 0. The monoisotopic (exact) mass is 334 g/mol. The maximum Gasteiger partial charge on any atom is 0.185 e. The summed E-state index contributed by atoms with van der Waals surface area (Å²) in [6.45, 7) is 8.49. The van der Waals surface area contributed by atoms with Crippen molar-refractivity contribution in [3.8, 4) is 11.1 Å². The Hall–Kier alpha value is -2.56. The van der Waals surface area contributed by atoms with E-state index in [1.54, 1.807) is 0 Å². The first-order valence-electron chi connectivity index (χ1n) is 8.74. The van der Waals surface area contributed by atoms with Crippen molar-refractivity contribution < 1.29 is 4.79 Å². The van der Waals surface area contributed by atoms with Gasteiger partial charge in [-0.3, -0.25) is 4.79 Å². The van der Waals surface area contributed by atoms with E-state index in [1.807, 2.05) is 22.7 Å². The predicted molar refractivity (Wildman–Crippen MR) is 96.7 cm³/mol. The van der Waals surface area contributed by atoms with Gasteiger partial charge in [0.1, 0.15) is 0 Å². The second kappa shape index (κ2) is 5.48. The summed E-state index contributed by atoms with van der Waals surface area (Å²) in [5.41, 5.74) is 5.10. The second-order valence-electron chi connectivity index (χ2n) is 7.95. The number of hydrogen-bond acceptors (Lipinski definition) is 4. The fourth-order valence-electron chi connectivity index (χ4n) is 3.66. The van der Waals surface area contributed by atoms with Gasteiger partial charge in [-0.1, -0.05) is 58.0 Å². The zero-order chi connectivity index (χ0) is 17.8. The van der Waals surface area contributed by atoms with Gasteiger partial charge in [-0.15, -0.1) is 10.2 Å². The lowest BCUT2D eigenvalue weighted by atomic mass is 9.77. The average molecular weight is 334 g/mol. The van der Waals surface area contributed by atoms with E-state index in [-0.39, 0.29) is 17.1 Å². The summed E-state index contributed by atoms with van der Waals surface area (Å²) < 4.78 is 1.86. The normalized spacial score (nSPS) is 16.4. The summed E-state index contributed by atoms with van der Waals surface area (Å²) >= 11 is 0. The van der Waals surface area contributed by atoms with E-state index in [1.165, 1.54) is 0 Å². The zero-order valence-electron chi connectivity index (χ0n) is 15.1. The number of hydrogen-bond donors (Lipinski definition) is 0. The van der Waals surface area contributed by atoms with Crippen LogP contribution in [0.2, 0.25) is 0 Å². The van der Waals surface area contributed by atoms with E-state index in [9.17, 15) is 4.79 Å². The number of benzene rings is 1. The van der Waals surface area contributed by atoms with Gasteiger partial charge in [0, 0.05) is 6.42 Å². The van der Waals surface area contributed by atoms with Crippen LogP contribution in [0.1, 0.15) is 61.9 Å². The standard InChI is InChI=1S/C20H22N4O/c1-12(2)17-16(13-8-6-5-7-9-13)19-22-21-18-14(24(19)23-17)10-20(3,4)11-15(18)25/h5-9,12H,10-11H2,1-4H3. The van der Waals surface area contributed by atoms with Crippen LogP contribution < -0.4 is 0 Å². The topological polar surface area (TPSA) is 60.1 Å². The zero-order valence-corrected chi connectivity index (χ0v) is 15.1. The smallest absolute Gasteiger partial charge is 0.185 e. The van der Waals surface area contributed by atoms with Gasteiger partial charge in [0.05, 0.1) is 17.0 Å². The molecule has 0 aliphatic heterocycles. The van der Waals surface area contributed by atoms with Gasteiger partial charge in [0.25, 0.3) is 0 Å². The van der Waals surface area contributed by atoms with Crippen LogP contribution in [0.15, 0.2) is 30.3 Å². The SMILES string of the molecule is CC(C)c1nn2c3c(nnc2c1-c1ccccc1)C(=O)CC(C)(C)C3. The molecule has 0 saturated heterocycles. The highest BCUT2D eigenvalue weighted by molar-refractivity contribution is 5.97. The third-order valence-corrected chi connectivity index (χ3v) is 4.82. The molecule has 25 heavy (non-hydrogen) atoms. The first kappa shape index (κ1) is 15.9. The maximum absolute atomic E-state index is 12.5. The number of Topliss-reactive ketones (excluding diaryl/α,β-unsaturated/α-hetero) is 1. The van der Waals surface area contributed by atoms with Crippen molar-refractivity contribution in [2.45, 2.75) is 46.5 Å². The van der Waals surface area contributed by atoms with Crippen LogP contribution in [0.3, 0.4) is 0 Å². The lowest BCUT2D eigenvalue weighted by Gasteiger charge is -2.29. The van der Waals surface area contributed by atoms with E-state index in [0.29, 0.717) is 12.1 Å². The molecular formula is C20H22N4O. The fraction of sp³-hybridized carbons (Fsp3) is 0.400. The molecule has 1 aromatic carbocycles. The molecule has 2 heterocycles. The molecule has 2 aromatic heterocycles. The van der Waals surface area contributed by atoms with Crippen LogP contribution in [0.5, 0.6) is 0 Å². The minimum absolute atomic E-state index is 0.0588. The molecule has 0 radical (unpaired) electrons. The van der Waals surface area contributed by atoms with Gasteiger partial charge in [-0.05, 0) is 23.3 Å². The lowest BCUT2D eigenvalue weighted by molar-refractivity contribution is 0.0901. The van der Waals surface area contributed by atoms with Gasteiger partial charge in [-0.2, -0.15) is 5.10 Å². The summed E-state index contributed by atoms with van der Waals surface area (Å²) in [6, 6.07) is 10.2. The number of aromatic nitrogens is 4. The number of nitrogens with zero attached hydrogens (tertiary/aromatic N) is 4. The van der Waals surface area contributed by atoms with Crippen molar-refractivity contribution >= 4 is 11.4 Å². The van der Waals surface area contributed by atoms with E-state index in [2.05, 4.69) is 50.0 Å². The Morgan fingerprint density at radius 3 is 2.48 bits per heavy atom. The summed E-state index contributed by atoms with van der Waals surface area (Å²) in [5.74, 6) is 0.309. The molecule has 0 saturated carbocycles. The molecule has 0 atom stereocenters. The molecule has 128 valence electrons. The summed E-state index contributed by atoms with van der Waals surface area (Å²) in [4.78, 5) is 12.5. The van der Waals surface area contributed by atoms with Gasteiger partial charge in [-0.25, -0.2) is 4.52 Å². The minimum atomic E-state index is -0.0864. The number of carbonyl (C=O) groups excluding carboxylic acids is 1. The molecule has 5 heteroatoms. The first-order chi connectivity index (χ1) is 11.9. The largest absolute Gasteiger partial charge is 0.292 e. The van der Waals surface area contributed by atoms with E-state index >= 15 is 0 Å². The van der Waals surface area contributed by atoms with Crippen LogP contribution in [0, 0.1) is 5.41 Å². The average Bonchev–Trinajstić information content (AvgIpc) is 2.95. The molecule has 0 N–H and O–H groups in total. The van der Waals surface area contributed by atoms with Gasteiger partial charge >= 0.3 is 0 Å². The molecule has 3 aromatic rings. The van der Waals surface area contributed by atoms with Gasteiger partial charge in [0.2, 0.25) is 0 Å². The molecule has 1 aliphatic carbocycles. The van der Waals surface area contributed by atoms with E-state index in [0.717, 1.165) is 34.6 Å². The second-order valence-corrected chi connectivity index (χ2v) is 7.95. The quantitative estimate of drug-likeness (QED) is 0.709. The Kier molecular flexibility index (Phi) is 3.49. The maximum atomic E-state index is 12.5. The highest BCUT2D eigenvalue weighted by Gasteiger charge is 2.35. The van der Waals surface area contributed by atoms with Gasteiger partial charge in [0.15, 0.2) is 17.1 Å².